The molecule has 0 bridgehead atoms. The highest BCUT2D eigenvalue weighted by molar-refractivity contribution is 7.90. The number of sulfone groups is 1. The van der Waals surface area contributed by atoms with Crippen molar-refractivity contribution in [3.05, 3.63) is 65.4 Å². The van der Waals surface area contributed by atoms with E-state index in [1.165, 1.54) is 10.2 Å². The Kier molecular flexibility index (Phi) is 5.49. The number of anilines is 1. The van der Waals surface area contributed by atoms with Gasteiger partial charge in [0.25, 0.3) is 5.91 Å². The summed E-state index contributed by atoms with van der Waals surface area (Å²) in [7, 11) is -0.0638. The van der Waals surface area contributed by atoms with Crippen molar-refractivity contribution in [3.8, 4) is 11.4 Å². The zero-order valence-corrected chi connectivity index (χ0v) is 20.4. The van der Waals surface area contributed by atoms with E-state index in [4.69, 9.17) is 4.74 Å². The lowest BCUT2D eigenvalue weighted by Crippen LogP contribution is -2.39. The number of ether oxygens (including phenoxy) is 1. The van der Waals surface area contributed by atoms with Crippen LogP contribution in [0.25, 0.3) is 5.69 Å². The second kappa shape index (κ2) is 8.25. The first kappa shape index (κ1) is 22.6. The van der Waals surface area contributed by atoms with Crippen LogP contribution in [0.1, 0.15) is 34.5 Å². The number of carbonyl (C=O) groups excluding carboxylic acids is 1. The molecule has 9 heteroatoms. The van der Waals surface area contributed by atoms with Crippen LogP contribution in [0.15, 0.2) is 53.6 Å². The summed E-state index contributed by atoms with van der Waals surface area (Å²) in [4.78, 5) is 15.4. The normalized spacial score (nSPS) is 16.9. The Morgan fingerprint density at radius 1 is 1.06 bits per heavy atom. The van der Waals surface area contributed by atoms with Gasteiger partial charge >= 0.3 is 0 Å². The van der Waals surface area contributed by atoms with Crippen LogP contribution in [-0.2, 0) is 21.7 Å². The lowest BCUT2D eigenvalue weighted by molar-refractivity contribution is 0.0973. The SMILES string of the molecule is CNCC1(c2ccc(N3CCc4c(S(C)(=O)=O)nn(-c5ccc(OC)cc5)c4C3=O)cc2)CC1. The summed E-state index contributed by atoms with van der Waals surface area (Å²) < 4.78 is 31.6. The molecular weight excluding hydrogens is 452 g/mol. The second-order valence-electron chi connectivity index (χ2n) is 9.08. The van der Waals surface area contributed by atoms with E-state index in [0.717, 1.165) is 31.3 Å². The Bertz CT molecular complexity index is 1340. The van der Waals surface area contributed by atoms with Crippen molar-refractivity contribution in [2.45, 2.75) is 29.7 Å². The highest BCUT2D eigenvalue weighted by Crippen LogP contribution is 2.48. The molecule has 5 rings (SSSR count). The van der Waals surface area contributed by atoms with E-state index < -0.39 is 9.84 Å². The maximum absolute atomic E-state index is 13.7. The molecule has 1 aliphatic heterocycles. The van der Waals surface area contributed by atoms with Gasteiger partial charge in [-0.15, -0.1) is 0 Å². The summed E-state index contributed by atoms with van der Waals surface area (Å²) in [6.07, 6.45) is 3.86. The molecule has 2 aromatic carbocycles. The number of nitrogens with one attached hydrogen (secondary N) is 1. The predicted molar refractivity (Wildman–Crippen MR) is 130 cm³/mol. The van der Waals surface area contributed by atoms with Crippen molar-refractivity contribution in [2.75, 3.05) is 38.4 Å². The minimum atomic E-state index is -3.60. The quantitative estimate of drug-likeness (QED) is 0.559. The zero-order chi connectivity index (χ0) is 24.1. The summed E-state index contributed by atoms with van der Waals surface area (Å²) in [5, 5.41) is 7.62. The first-order chi connectivity index (χ1) is 16.3. The molecule has 0 saturated heterocycles. The first-order valence-corrected chi connectivity index (χ1v) is 13.2. The van der Waals surface area contributed by atoms with Crippen molar-refractivity contribution in [3.63, 3.8) is 0 Å². The maximum atomic E-state index is 13.7. The van der Waals surface area contributed by atoms with Crippen molar-refractivity contribution >= 4 is 21.4 Å². The lowest BCUT2D eigenvalue weighted by Gasteiger charge is -2.28. The van der Waals surface area contributed by atoms with Gasteiger partial charge in [-0.3, -0.25) is 4.79 Å². The molecule has 0 atom stereocenters. The molecule has 1 saturated carbocycles. The van der Waals surface area contributed by atoms with Crippen LogP contribution >= 0.6 is 0 Å². The predicted octanol–water partition coefficient (Wildman–Crippen LogP) is 2.74. The van der Waals surface area contributed by atoms with E-state index in [1.54, 1.807) is 36.3 Å². The molecule has 34 heavy (non-hydrogen) atoms. The smallest absolute Gasteiger partial charge is 0.277 e. The number of rotatable bonds is 7. The zero-order valence-electron chi connectivity index (χ0n) is 19.5. The van der Waals surface area contributed by atoms with Crippen molar-refractivity contribution in [2.24, 2.45) is 0 Å². The van der Waals surface area contributed by atoms with Crippen LogP contribution in [0.5, 0.6) is 5.75 Å². The molecule has 0 spiro atoms. The Morgan fingerprint density at radius 3 is 2.26 bits per heavy atom. The summed E-state index contributed by atoms with van der Waals surface area (Å²) >= 11 is 0. The highest BCUT2D eigenvalue weighted by Gasteiger charge is 2.43. The average molecular weight is 481 g/mol. The number of likely N-dealkylation sites (N-methyl/N-ethyl adjacent to an activating group) is 1. The van der Waals surface area contributed by atoms with Crippen LogP contribution in [0.2, 0.25) is 0 Å². The van der Waals surface area contributed by atoms with E-state index in [2.05, 4.69) is 22.5 Å². The molecule has 178 valence electrons. The summed E-state index contributed by atoms with van der Waals surface area (Å²) in [6.45, 7) is 1.33. The monoisotopic (exact) mass is 480 g/mol. The van der Waals surface area contributed by atoms with E-state index in [-0.39, 0.29) is 22.0 Å². The van der Waals surface area contributed by atoms with E-state index >= 15 is 0 Å². The number of hydrogen-bond acceptors (Lipinski definition) is 6. The third-order valence-electron chi connectivity index (χ3n) is 6.81. The number of benzene rings is 2. The summed E-state index contributed by atoms with van der Waals surface area (Å²) in [5.74, 6) is 0.399. The van der Waals surface area contributed by atoms with Crippen molar-refractivity contribution in [1.82, 2.24) is 15.1 Å². The molecular formula is C25H28N4O4S. The van der Waals surface area contributed by atoms with Gasteiger partial charge in [0.15, 0.2) is 14.9 Å². The van der Waals surface area contributed by atoms with Gasteiger partial charge in [-0.2, -0.15) is 5.10 Å². The minimum Gasteiger partial charge on any atom is -0.497 e. The highest BCUT2D eigenvalue weighted by atomic mass is 32.2. The number of hydrogen-bond donors (Lipinski definition) is 1. The Labute approximate surface area is 199 Å². The molecule has 8 nitrogen and oxygen atoms in total. The van der Waals surface area contributed by atoms with Crippen LogP contribution in [0.3, 0.4) is 0 Å². The fraction of sp³-hybridized carbons (Fsp3) is 0.360. The van der Waals surface area contributed by atoms with Crippen LogP contribution < -0.4 is 15.0 Å². The van der Waals surface area contributed by atoms with E-state index in [0.29, 0.717) is 30.0 Å². The van der Waals surface area contributed by atoms with Gasteiger partial charge in [0, 0.05) is 36.0 Å². The third-order valence-corrected chi connectivity index (χ3v) is 7.84. The standard InChI is InChI=1S/C25H28N4O4S/c1-26-16-25(13-14-25)17-4-6-18(7-5-17)28-15-12-21-22(24(28)30)29(27-23(21)34(3,31)32)19-8-10-20(33-2)11-9-19/h4-11,26H,12-16H2,1-3H3. The summed E-state index contributed by atoms with van der Waals surface area (Å²) in [5.41, 5.74) is 3.63. The van der Waals surface area contributed by atoms with Crippen LogP contribution in [0.4, 0.5) is 5.69 Å². The molecule has 1 amide bonds. The van der Waals surface area contributed by atoms with Crippen LogP contribution in [0, 0.1) is 0 Å². The molecule has 1 N–H and O–H groups in total. The Hall–Kier alpha value is -3.17. The number of aromatic nitrogens is 2. The molecule has 1 aliphatic carbocycles. The number of nitrogens with zero attached hydrogens (tertiary/aromatic N) is 3. The molecule has 1 aromatic heterocycles. The molecule has 2 heterocycles. The molecule has 1 fully saturated rings. The lowest BCUT2D eigenvalue weighted by atomic mass is 9.95. The number of methoxy groups -OCH3 is 1. The fourth-order valence-corrected chi connectivity index (χ4v) is 5.71. The third kappa shape index (κ3) is 3.78. The number of carbonyl (C=O) groups is 1. The van der Waals surface area contributed by atoms with E-state index in [9.17, 15) is 13.2 Å². The van der Waals surface area contributed by atoms with Gasteiger partial charge in [0.2, 0.25) is 0 Å². The molecule has 0 radical (unpaired) electrons. The average Bonchev–Trinajstić information content (AvgIpc) is 3.49. The van der Waals surface area contributed by atoms with Gasteiger partial charge in [-0.05, 0) is 68.3 Å². The van der Waals surface area contributed by atoms with Gasteiger partial charge in [0.1, 0.15) is 11.4 Å². The first-order valence-electron chi connectivity index (χ1n) is 11.3. The van der Waals surface area contributed by atoms with Gasteiger partial charge in [0.05, 0.1) is 12.8 Å². The molecule has 2 aliphatic rings. The fourth-order valence-electron chi connectivity index (χ4n) is 4.83. The number of fused-ring (bicyclic) bond motifs is 1. The van der Waals surface area contributed by atoms with Gasteiger partial charge < -0.3 is 15.0 Å². The second-order valence-corrected chi connectivity index (χ2v) is 11.0. The maximum Gasteiger partial charge on any atom is 0.277 e. The van der Waals surface area contributed by atoms with E-state index in [1.807, 2.05) is 19.2 Å². The minimum absolute atomic E-state index is 0.0376. The van der Waals surface area contributed by atoms with Gasteiger partial charge in [-0.25, -0.2) is 13.1 Å². The summed E-state index contributed by atoms with van der Waals surface area (Å²) in [6, 6.07) is 15.2. The largest absolute Gasteiger partial charge is 0.497 e. The van der Waals surface area contributed by atoms with Crippen LogP contribution in [-0.4, -0.2) is 57.6 Å². The van der Waals surface area contributed by atoms with Crippen molar-refractivity contribution < 1.29 is 17.9 Å². The number of amides is 1. The molecule has 3 aromatic rings. The topological polar surface area (TPSA) is 93.5 Å². The van der Waals surface area contributed by atoms with Crippen molar-refractivity contribution in [1.29, 1.82) is 0 Å². The Morgan fingerprint density at radius 2 is 1.71 bits per heavy atom. The molecule has 0 unspecified atom stereocenters. The Balaban J connectivity index is 1.54. The van der Waals surface area contributed by atoms with Gasteiger partial charge in [-0.1, -0.05) is 12.1 Å².